The fourth-order valence-electron chi connectivity index (χ4n) is 3.29. The van der Waals surface area contributed by atoms with Crippen LogP contribution < -0.4 is 5.56 Å². The monoisotopic (exact) mass is 374 g/mol. The van der Waals surface area contributed by atoms with Crippen molar-refractivity contribution < 1.29 is 5.11 Å². The molecule has 2 aromatic heterocycles. The Morgan fingerprint density at radius 2 is 1.75 bits per heavy atom. The quantitative estimate of drug-likeness (QED) is 0.583. The van der Waals surface area contributed by atoms with Gasteiger partial charge in [-0.2, -0.15) is 5.10 Å². The zero-order valence-corrected chi connectivity index (χ0v) is 15.9. The van der Waals surface area contributed by atoms with Crippen LogP contribution in [0.4, 0.5) is 0 Å². The predicted octanol–water partition coefficient (Wildman–Crippen LogP) is 2.94. The summed E-state index contributed by atoms with van der Waals surface area (Å²) in [6.07, 6.45) is 0.957. The molecule has 4 rings (SSSR count). The van der Waals surface area contributed by atoms with Crippen molar-refractivity contribution in [3.05, 3.63) is 82.4 Å². The molecule has 6 heteroatoms. The Morgan fingerprint density at radius 1 is 1.00 bits per heavy atom. The van der Waals surface area contributed by atoms with Crippen molar-refractivity contribution >= 4 is 11.0 Å². The van der Waals surface area contributed by atoms with E-state index in [9.17, 15) is 9.90 Å². The fourth-order valence-corrected chi connectivity index (χ4v) is 3.29. The molecule has 4 aromatic rings. The lowest BCUT2D eigenvalue weighted by atomic mass is 10.1. The third-order valence-electron chi connectivity index (χ3n) is 4.96. The van der Waals surface area contributed by atoms with Crippen molar-refractivity contribution in [2.24, 2.45) is 0 Å². The van der Waals surface area contributed by atoms with Crippen molar-refractivity contribution in [3.63, 3.8) is 0 Å². The lowest BCUT2D eigenvalue weighted by Crippen LogP contribution is -2.30. The van der Waals surface area contributed by atoms with Crippen LogP contribution in [-0.4, -0.2) is 30.5 Å². The van der Waals surface area contributed by atoms with Gasteiger partial charge in [0, 0.05) is 11.6 Å². The van der Waals surface area contributed by atoms with E-state index in [-0.39, 0.29) is 12.1 Å². The van der Waals surface area contributed by atoms with Gasteiger partial charge >= 0.3 is 0 Å². The summed E-state index contributed by atoms with van der Waals surface area (Å²) in [7, 11) is 0. The summed E-state index contributed by atoms with van der Waals surface area (Å²) in [5.74, 6) is 0. The maximum absolute atomic E-state index is 12.2. The number of rotatable bonds is 5. The summed E-state index contributed by atoms with van der Waals surface area (Å²) < 4.78 is 3.24. The molecule has 0 aliphatic heterocycles. The molecule has 1 N–H and O–H groups in total. The molecule has 0 bridgehead atoms. The number of hydrogen-bond donors (Lipinski definition) is 1. The van der Waals surface area contributed by atoms with Crippen LogP contribution >= 0.6 is 0 Å². The fraction of sp³-hybridized carbons (Fsp3) is 0.227. The van der Waals surface area contributed by atoms with Gasteiger partial charge in [0.1, 0.15) is 0 Å². The Labute approximate surface area is 162 Å². The molecule has 0 saturated carbocycles. The number of nitrogens with zero attached hydrogens (tertiary/aromatic N) is 4. The van der Waals surface area contributed by atoms with E-state index >= 15 is 0 Å². The number of aryl methyl sites for hydroxylation is 2. The third-order valence-corrected chi connectivity index (χ3v) is 4.96. The Morgan fingerprint density at radius 3 is 2.54 bits per heavy atom. The lowest BCUT2D eigenvalue weighted by Gasteiger charge is -2.14. The first-order chi connectivity index (χ1) is 13.5. The first-order valence-electron chi connectivity index (χ1n) is 9.25. The van der Waals surface area contributed by atoms with Crippen molar-refractivity contribution in [1.82, 2.24) is 19.3 Å². The van der Waals surface area contributed by atoms with Gasteiger partial charge in [0.05, 0.1) is 42.2 Å². The Hall–Kier alpha value is -3.25. The van der Waals surface area contributed by atoms with E-state index < -0.39 is 6.10 Å². The number of hydrogen-bond acceptors (Lipinski definition) is 4. The minimum atomic E-state index is -0.768. The van der Waals surface area contributed by atoms with Gasteiger partial charge in [-0.05, 0) is 43.2 Å². The highest BCUT2D eigenvalue weighted by atomic mass is 16.3. The summed E-state index contributed by atoms with van der Waals surface area (Å²) in [5.41, 5.74) is 5.63. The number of aliphatic hydroxyl groups is 1. The Balaban J connectivity index is 1.57. The van der Waals surface area contributed by atoms with Crippen LogP contribution in [0.15, 0.2) is 65.7 Å². The molecule has 6 nitrogen and oxygen atoms in total. The van der Waals surface area contributed by atoms with E-state index in [0.717, 1.165) is 16.6 Å². The minimum Gasteiger partial charge on any atom is -0.389 e. The van der Waals surface area contributed by atoms with E-state index in [1.54, 1.807) is 12.4 Å². The molecule has 2 heterocycles. The number of imidazole rings is 1. The summed E-state index contributed by atoms with van der Waals surface area (Å²) >= 11 is 0. The van der Waals surface area contributed by atoms with E-state index in [2.05, 4.69) is 30.0 Å². The SMILES string of the molecule is Cc1cc2ncn(CC(O)Cn3nc(-c4ccccc4)ccc3=O)c2cc1C. The summed E-state index contributed by atoms with van der Waals surface area (Å²) in [4.78, 5) is 16.6. The summed E-state index contributed by atoms with van der Waals surface area (Å²) in [6.45, 7) is 4.56. The first kappa shape index (κ1) is 18.1. The third kappa shape index (κ3) is 3.59. The van der Waals surface area contributed by atoms with Crippen molar-refractivity contribution in [2.75, 3.05) is 0 Å². The standard InChI is InChI=1S/C22H22N4O2/c1-15-10-20-21(11-16(15)2)25(14-23-20)12-18(27)13-26-22(28)9-8-19(24-26)17-6-4-3-5-7-17/h3-11,14,18,27H,12-13H2,1-2H3. The molecule has 0 aliphatic carbocycles. The van der Waals surface area contributed by atoms with Crippen molar-refractivity contribution in [2.45, 2.75) is 33.0 Å². The second-order valence-electron chi connectivity index (χ2n) is 7.08. The Bertz CT molecular complexity index is 1180. The molecule has 142 valence electrons. The van der Waals surface area contributed by atoms with Gasteiger partial charge in [0.25, 0.3) is 5.56 Å². The molecule has 0 saturated heterocycles. The van der Waals surface area contributed by atoms with Crippen LogP contribution in [0.1, 0.15) is 11.1 Å². The minimum absolute atomic E-state index is 0.115. The molecule has 2 aromatic carbocycles. The summed E-state index contributed by atoms with van der Waals surface area (Å²) in [5, 5.41) is 15.0. The molecule has 0 amide bonds. The van der Waals surface area contributed by atoms with Crippen LogP contribution in [0.25, 0.3) is 22.3 Å². The highest BCUT2D eigenvalue weighted by Gasteiger charge is 2.12. The number of fused-ring (bicyclic) bond motifs is 1. The molecular formula is C22H22N4O2. The maximum atomic E-state index is 12.2. The molecule has 0 fully saturated rings. The Kier molecular flexibility index (Phi) is 4.79. The second kappa shape index (κ2) is 7.40. The largest absolute Gasteiger partial charge is 0.389 e. The van der Waals surface area contributed by atoms with Gasteiger partial charge in [-0.15, -0.1) is 0 Å². The normalized spacial score (nSPS) is 12.4. The average molecular weight is 374 g/mol. The molecular weight excluding hydrogens is 352 g/mol. The van der Waals surface area contributed by atoms with Crippen LogP contribution in [0.2, 0.25) is 0 Å². The van der Waals surface area contributed by atoms with Crippen LogP contribution in [0.3, 0.4) is 0 Å². The highest BCUT2D eigenvalue weighted by Crippen LogP contribution is 2.19. The van der Waals surface area contributed by atoms with Gasteiger partial charge < -0.3 is 9.67 Å². The van der Waals surface area contributed by atoms with E-state index in [1.807, 2.05) is 41.0 Å². The van der Waals surface area contributed by atoms with Gasteiger partial charge in [-0.3, -0.25) is 4.79 Å². The zero-order chi connectivity index (χ0) is 19.7. The number of aromatic nitrogens is 4. The second-order valence-corrected chi connectivity index (χ2v) is 7.08. The first-order valence-corrected chi connectivity index (χ1v) is 9.25. The van der Waals surface area contributed by atoms with Gasteiger partial charge in [-0.1, -0.05) is 30.3 Å². The molecule has 0 spiro atoms. The van der Waals surface area contributed by atoms with Crippen LogP contribution in [0, 0.1) is 13.8 Å². The number of aliphatic hydroxyl groups excluding tert-OH is 1. The van der Waals surface area contributed by atoms with Gasteiger partial charge in [-0.25, -0.2) is 9.67 Å². The van der Waals surface area contributed by atoms with E-state index in [1.165, 1.54) is 21.9 Å². The molecule has 0 aliphatic rings. The zero-order valence-electron chi connectivity index (χ0n) is 15.9. The molecule has 1 unspecified atom stereocenters. The van der Waals surface area contributed by atoms with Crippen LogP contribution in [0.5, 0.6) is 0 Å². The van der Waals surface area contributed by atoms with Crippen molar-refractivity contribution in [1.29, 1.82) is 0 Å². The van der Waals surface area contributed by atoms with E-state index in [4.69, 9.17) is 0 Å². The predicted molar refractivity (Wildman–Crippen MR) is 109 cm³/mol. The summed E-state index contributed by atoms with van der Waals surface area (Å²) in [6, 6.07) is 17.0. The average Bonchev–Trinajstić information content (AvgIpc) is 3.06. The molecule has 0 radical (unpaired) electrons. The molecule has 1 atom stereocenters. The lowest BCUT2D eigenvalue weighted by molar-refractivity contribution is 0.129. The number of benzene rings is 2. The van der Waals surface area contributed by atoms with Crippen LogP contribution in [-0.2, 0) is 13.1 Å². The highest BCUT2D eigenvalue weighted by molar-refractivity contribution is 5.77. The van der Waals surface area contributed by atoms with Gasteiger partial charge in [0.15, 0.2) is 0 Å². The maximum Gasteiger partial charge on any atom is 0.266 e. The smallest absolute Gasteiger partial charge is 0.266 e. The van der Waals surface area contributed by atoms with Crippen molar-refractivity contribution in [3.8, 4) is 11.3 Å². The van der Waals surface area contributed by atoms with Gasteiger partial charge in [0.2, 0.25) is 0 Å². The topological polar surface area (TPSA) is 72.9 Å². The molecule has 28 heavy (non-hydrogen) atoms. The van der Waals surface area contributed by atoms with E-state index in [0.29, 0.717) is 12.2 Å².